The molecule has 0 fully saturated rings. The Morgan fingerprint density at radius 3 is 1.58 bits per heavy atom. The van der Waals surface area contributed by atoms with Gasteiger partial charge in [-0.15, -0.1) is 0 Å². The number of anilines is 1. The van der Waals surface area contributed by atoms with Crippen molar-refractivity contribution in [2.45, 2.75) is 78.5 Å². The van der Waals surface area contributed by atoms with Gasteiger partial charge in [0.15, 0.2) is 0 Å². The fourth-order valence-corrected chi connectivity index (χ4v) is 6.19. The van der Waals surface area contributed by atoms with Crippen molar-refractivity contribution in [2.24, 2.45) is 5.92 Å². The topological polar surface area (TPSA) is 281 Å². The van der Waals surface area contributed by atoms with Crippen LogP contribution >= 0.6 is 0 Å². The second kappa shape index (κ2) is 43.1. The third kappa shape index (κ3) is 35.3. The largest absolute Gasteiger partial charge is 0.514 e. The molecular formula is C53H81N5O18. The van der Waals surface area contributed by atoms with Crippen LogP contribution in [-0.2, 0) is 82.7 Å². The van der Waals surface area contributed by atoms with Crippen LogP contribution in [0.5, 0.6) is 5.75 Å². The van der Waals surface area contributed by atoms with Gasteiger partial charge in [-0.2, -0.15) is 0 Å². The molecule has 23 heteroatoms. The van der Waals surface area contributed by atoms with E-state index < -0.39 is 36.0 Å². The normalized spacial score (nSPS) is 11.9. The van der Waals surface area contributed by atoms with Gasteiger partial charge in [-0.05, 0) is 62.4 Å². The molecule has 2 rings (SSSR count). The van der Waals surface area contributed by atoms with Gasteiger partial charge in [-0.25, -0.2) is 9.59 Å². The lowest BCUT2D eigenvalue weighted by Crippen LogP contribution is -2.53. The second-order valence-electron chi connectivity index (χ2n) is 17.1. The van der Waals surface area contributed by atoms with Gasteiger partial charge in [-0.3, -0.25) is 24.0 Å². The maximum absolute atomic E-state index is 13.1. The van der Waals surface area contributed by atoms with Gasteiger partial charge in [0.1, 0.15) is 24.4 Å². The van der Waals surface area contributed by atoms with E-state index in [0.717, 1.165) is 30.6 Å². The molecule has 426 valence electrons. The zero-order chi connectivity index (χ0) is 55.4. The summed E-state index contributed by atoms with van der Waals surface area (Å²) in [6.45, 7) is 13.9. The maximum Gasteiger partial charge on any atom is 0.514 e. The first-order chi connectivity index (χ1) is 36.8. The zero-order valence-corrected chi connectivity index (χ0v) is 44.8. The Labute approximate surface area is 446 Å². The first-order valence-corrected chi connectivity index (χ1v) is 25.6. The van der Waals surface area contributed by atoms with Crippen molar-refractivity contribution in [2.75, 3.05) is 131 Å². The lowest BCUT2D eigenvalue weighted by molar-refractivity contribution is -0.135. The first-order valence-electron chi connectivity index (χ1n) is 25.6. The van der Waals surface area contributed by atoms with E-state index in [4.69, 9.17) is 47.4 Å². The molecule has 23 nitrogen and oxygen atoms in total. The molecule has 76 heavy (non-hydrogen) atoms. The molecule has 2 aromatic carbocycles. The number of methoxy groups -OCH3 is 1. The standard InChI is InChI=1S/C53H81N5O18/c1-40(2)50(52(64)56-42(4)51(63)57-44-14-12-43(13-15-44)39-75-53(65)76-45-16-10-41(3)11-17-45)58-48(61)20-23-67-25-27-69-29-31-71-33-35-73-37-38-74-36-34-72-32-30-70-28-26-68-24-22-55-46(59)9-7-6-8-21-54-47(60)18-19-49(62)66-5/h10-19,40,42,50H,6-9,20-39H2,1-5H3,(H,54,60)(H,55,59)(H,56,64)(H,57,63)(H,58,61)/b19-18-. The van der Waals surface area contributed by atoms with Crippen molar-refractivity contribution in [1.82, 2.24) is 21.3 Å². The minimum Gasteiger partial charge on any atom is -0.466 e. The van der Waals surface area contributed by atoms with Crippen LogP contribution < -0.4 is 31.3 Å². The number of hydrogen-bond donors (Lipinski definition) is 5. The van der Waals surface area contributed by atoms with Crippen LogP contribution in [0.2, 0.25) is 0 Å². The van der Waals surface area contributed by atoms with E-state index in [1.807, 2.05) is 19.1 Å². The van der Waals surface area contributed by atoms with Crippen molar-refractivity contribution < 1.29 is 85.7 Å². The Morgan fingerprint density at radius 2 is 1.05 bits per heavy atom. The van der Waals surface area contributed by atoms with E-state index in [9.17, 15) is 33.6 Å². The average Bonchev–Trinajstić information content (AvgIpc) is 3.40. The van der Waals surface area contributed by atoms with Gasteiger partial charge in [0.25, 0.3) is 0 Å². The quantitative estimate of drug-likeness (QED) is 0.0275. The molecule has 5 N–H and O–H groups in total. The lowest BCUT2D eigenvalue weighted by atomic mass is 10.0. The summed E-state index contributed by atoms with van der Waals surface area (Å²) in [5.74, 6) is -2.23. The number of hydrogen-bond acceptors (Lipinski definition) is 18. The molecule has 0 heterocycles. The molecule has 0 saturated heterocycles. The number of nitrogens with one attached hydrogen (secondary N) is 5. The third-order valence-corrected chi connectivity index (χ3v) is 10.4. The molecule has 0 spiro atoms. The Balaban J connectivity index is 1.33. The van der Waals surface area contributed by atoms with Crippen molar-refractivity contribution in [3.63, 3.8) is 0 Å². The highest BCUT2D eigenvalue weighted by molar-refractivity contribution is 5.98. The van der Waals surface area contributed by atoms with Crippen LogP contribution in [0.3, 0.4) is 0 Å². The van der Waals surface area contributed by atoms with E-state index in [-0.39, 0.29) is 49.9 Å². The number of benzene rings is 2. The predicted octanol–water partition coefficient (Wildman–Crippen LogP) is 3.34. The Kier molecular flexibility index (Phi) is 37.5. The molecule has 0 radical (unpaired) electrons. The number of unbranched alkanes of at least 4 members (excludes halogenated alkanes) is 2. The van der Waals surface area contributed by atoms with Crippen LogP contribution in [0.1, 0.15) is 64.0 Å². The van der Waals surface area contributed by atoms with E-state index in [2.05, 4.69) is 31.3 Å². The molecule has 2 atom stereocenters. The van der Waals surface area contributed by atoms with Crippen molar-refractivity contribution >= 4 is 47.3 Å². The molecule has 0 aliphatic rings. The molecule has 0 bridgehead atoms. The van der Waals surface area contributed by atoms with Gasteiger partial charge in [0.2, 0.25) is 29.5 Å². The van der Waals surface area contributed by atoms with E-state index in [1.165, 1.54) is 7.11 Å². The number of amides is 5. The molecule has 0 aliphatic heterocycles. The van der Waals surface area contributed by atoms with Crippen LogP contribution in [-0.4, -0.2) is 180 Å². The lowest BCUT2D eigenvalue weighted by Gasteiger charge is -2.24. The molecule has 0 saturated carbocycles. The van der Waals surface area contributed by atoms with Crippen LogP contribution in [0.25, 0.3) is 0 Å². The maximum atomic E-state index is 13.1. The summed E-state index contributed by atoms with van der Waals surface area (Å²) in [6, 6.07) is 11.9. The van der Waals surface area contributed by atoms with Crippen LogP contribution in [0.4, 0.5) is 10.5 Å². The second-order valence-corrected chi connectivity index (χ2v) is 17.1. The number of rotatable bonds is 44. The number of aryl methyl sites for hydroxylation is 1. The van der Waals surface area contributed by atoms with E-state index >= 15 is 0 Å². The summed E-state index contributed by atoms with van der Waals surface area (Å²) in [7, 11) is 1.23. The van der Waals surface area contributed by atoms with Crippen LogP contribution in [0.15, 0.2) is 60.7 Å². The molecule has 0 aromatic heterocycles. The Bertz CT molecular complexity index is 1970. The summed E-state index contributed by atoms with van der Waals surface area (Å²) in [4.78, 5) is 85.1. The number of carbonyl (C=O) groups is 7. The van der Waals surface area contributed by atoms with Crippen molar-refractivity contribution in [3.05, 3.63) is 71.8 Å². The fraction of sp³-hybridized carbons (Fsp3) is 0.604. The SMILES string of the molecule is COC(=O)/C=C\C(=O)NCCCCCC(=O)NCCOCCOCCOCCOCCOCCOCCOCCOCCC(=O)NC(C(=O)NC(C)C(=O)Nc1ccc(COC(=O)Oc2ccc(C)cc2)cc1)C(C)C. The van der Waals surface area contributed by atoms with E-state index in [1.54, 1.807) is 57.2 Å². The Hall–Kier alpha value is -6.05. The molecule has 2 unspecified atom stereocenters. The predicted molar refractivity (Wildman–Crippen MR) is 278 cm³/mol. The van der Waals surface area contributed by atoms with Gasteiger partial charge >= 0.3 is 12.1 Å². The summed E-state index contributed by atoms with van der Waals surface area (Å²) >= 11 is 0. The monoisotopic (exact) mass is 1080 g/mol. The summed E-state index contributed by atoms with van der Waals surface area (Å²) in [5.41, 5.74) is 2.18. The van der Waals surface area contributed by atoms with Crippen molar-refractivity contribution in [3.8, 4) is 5.75 Å². The number of ether oxygens (including phenoxy) is 11. The smallest absolute Gasteiger partial charge is 0.466 e. The zero-order valence-electron chi connectivity index (χ0n) is 44.8. The Morgan fingerprint density at radius 1 is 0.526 bits per heavy atom. The van der Waals surface area contributed by atoms with Gasteiger partial charge < -0.3 is 78.7 Å². The molecule has 0 aliphatic carbocycles. The number of esters is 1. The highest BCUT2D eigenvalue weighted by Gasteiger charge is 2.27. The minimum absolute atomic E-state index is 0.0310. The van der Waals surface area contributed by atoms with E-state index in [0.29, 0.717) is 135 Å². The van der Waals surface area contributed by atoms with Crippen molar-refractivity contribution in [1.29, 1.82) is 0 Å². The molecular weight excluding hydrogens is 995 g/mol. The third-order valence-electron chi connectivity index (χ3n) is 10.4. The summed E-state index contributed by atoms with van der Waals surface area (Å²) in [6.07, 6.45) is 3.96. The molecule has 5 amide bonds. The fourth-order valence-electron chi connectivity index (χ4n) is 6.19. The van der Waals surface area contributed by atoms with Gasteiger partial charge in [-0.1, -0.05) is 50.1 Å². The van der Waals surface area contributed by atoms with Crippen LogP contribution in [0, 0.1) is 12.8 Å². The summed E-state index contributed by atoms with van der Waals surface area (Å²) < 4.78 is 58.7. The first kappa shape index (κ1) is 66.1. The summed E-state index contributed by atoms with van der Waals surface area (Å²) in [5, 5.41) is 13.6. The highest BCUT2D eigenvalue weighted by Crippen LogP contribution is 2.15. The van der Waals surface area contributed by atoms with Gasteiger partial charge in [0.05, 0.1) is 113 Å². The number of carbonyl (C=O) groups excluding carboxylic acids is 7. The average molecular weight is 1080 g/mol. The highest BCUT2D eigenvalue weighted by atomic mass is 16.7. The van der Waals surface area contributed by atoms with Gasteiger partial charge in [0, 0.05) is 43.8 Å². The minimum atomic E-state index is -0.907. The molecule has 2 aromatic rings.